The molecule has 0 aliphatic carbocycles. The van der Waals surface area contributed by atoms with Crippen molar-refractivity contribution in [3.05, 3.63) is 47.2 Å². The predicted molar refractivity (Wildman–Crippen MR) is 96.7 cm³/mol. The standard InChI is InChI=1S/C13H10ClFO10S4/c14-10-5-8(15)1-3-11(10)26(16,17)7-27(18,19)12-4-2-9(28(20,21)22)6-13(12)29(23,24)25/h1-6H,7H2,(H,20,21,22)(H,23,24,25). The number of sulfone groups is 2. The molecule has 10 nitrogen and oxygen atoms in total. The second kappa shape index (κ2) is 7.57. The highest BCUT2D eigenvalue weighted by Gasteiger charge is 2.33. The van der Waals surface area contributed by atoms with E-state index in [0.29, 0.717) is 30.3 Å². The van der Waals surface area contributed by atoms with Gasteiger partial charge in [0.05, 0.1) is 19.7 Å². The molecule has 2 aromatic rings. The number of hydrogen-bond acceptors (Lipinski definition) is 8. The summed E-state index contributed by atoms with van der Waals surface area (Å²) < 4.78 is 126. The fraction of sp³-hybridized carbons (Fsp3) is 0.0769. The summed E-state index contributed by atoms with van der Waals surface area (Å²) in [6.45, 7) is 0. The van der Waals surface area contributed by atoms with Crippen LogP contribution in [0, 0.1) is 5.82 Å². The summed E-state index contributed by atoms with van der Waals surface area (Å²) in [6, 6.07) is 3.06. The van der Waals surface area contributed by atoms with Crippen LogP contribution in [0.5, 0.6) is 0 Å². The topological polar surface area (TPSA) is 177 Å². The van der Waals surface area contributed by atoms with E-state index in [9.17, 15) is 42.6 Å². The predicted octanol–water partition coefficient (Wildman–Crippen LogP) is 1.18. The monoisotopic (exact) mass is 508 g/mol. The third-order valence-electron chi connectivity index (χ3n) is 3.37. The van der Waals surface area contributed by atoms with E-state index >= 15 is 0 Å². The Labute approximate surface area is 170 Å². The number of rotatable bonds is 6. The molecule has 0 atom stereocenters. The molecule has 0 bridgehead atoms. The second-order valence-corrected chi connectivity index (χ2v) is 13.0. The first-order valence-electron chi connectivity index (χ1n) is 6.95. The lowest BCUT2D eigenvalue weighted by molar-refractivity contribution is 0.477. The lowest BCUT2D eigenvalue weighted by atomic mass is 10.3. The van der Waals surface area contributed by atoms with E-state index in [-0.39, 0.29) is 6.07 Å². The van der Waals surface area contributed by atoms with Crippen LogP contribution in [0.4, 0.5) is 4.39 Å². The van der Waals surface area contributed by atoms with Crippen LogP contribution in [0.2, 0.25) is 5.02 Å². The van der Waals surface area contributed by atoms with Gasteiger partial charge in [0.2, 0.25) is 0 Å². The first-order chi connectivity index (χ1) is 12.9. The molecule has 2 rings (SSSR count). The van der Waals surface area contributed by atoms with Crippen LogP contribution in [-0.2, 0) is 39.9 Å². The molecule has 16 heteroatoms. The van der Waals surface area contributed by atoms with Crippen molar-refractivity contribution in [2.45, 2.75) is 19.6 Å². The van der Waals surface area contributed by atoms with Gasteiger partial charge in [-0.2, -0.15) is 16.8 Å². The fourth-order valence-corrected chi connectivity index (χ4v) is 8.48. The summed E-state index contributed by atoms with van der Waals surface area (Å²) in [6.07, 6.45) is 0. The summed E-state index contributed by atoms with van der Waals surface area (Å²) in [5.41, 5.74) is 0. The molecule has 0 radical (unpaired) electrons. The van der Waals surface area contributed by atoms with Crippen molar-refractivity contribution in [3.8, 4) is 0 Å². The molecule has 0 heterocycles. The average molecular weight is 509 g/mol. The highest BCUT2D eigenvalue weighted by Crippen LogP contribution is 2.29. The highest BCUT2D eigenvalue weighted by atomic mass is 35.5. The van der Waals surface area contributed by atoms with E-state index < -0.39 is 75.4 Å². The van der Waals surface area contributed by atoms with Gasteiger partial charge in [0.25, 0.3) is 20.2 Å². The van der Waals surface area contributed by atoms with Crippen molar-refractivity contribution in [1.29, 1.82) is 0 Å². The van der Waals surface area contributed by atoms with Crippen LogP contribution in [-0.4, -0.2) is 47.9 Å². The Morgan fingerprint density at radius 2 is 1.24 bits per heavy atom. The minimum atomic E-state index is -5.36. The summed E-state index contributed by atoms with van der Waals surface area (Å²) >= 11 is 5.62. The number of hydrogen-bond donors (Lipinski definition) is 2. The lowest BCUT2D eigenvalue weighted by Crippen LogP contribution is -2.20. The minimum Gasteiger partial charge on any atom is -0.282 e. The van der Waals surface area contributed by atoms with Gasteiger partial charge >= 0.3 is 0 Å². The lowest BCUT2D eigenvalue weighted by Gasteiger charge is -2.11. The first-order valence-corrected chi connectivity index (χ1v) is 13.5. The minimum absolute atomic E-state index is 0.148. The molecular weight excluding hydrogens is 499 g/mol. The third-order valence-corrected chi connectivity index (χ3v) is 10.2. The molecule has 0 aliphatic heterocycles. The van der Waals surface area contributed by atoms with Gasteiger partial charge in [0.15, 0.2) is 24.8 Å². The molecule has 0 aliphatic rings. The van der Waals surface area contributed by atoms with Crippen LogP contribution in [0.3, 0.4) is 0 Å². The number of benzene rings is 2. The summed E-state index contributed by atoms with van der Waals surface area (Å²) in [7, 11) is -20.1. The van der Waals surface area contributed by atoms with E-state index in [4.69, 9.17) is 16.2 Å². The molecular formula is C13H10ClFO10S4. The average Bonchev–Trinajstić information content (AvgIpc) is 2.51. The normalized spacial score (nSPS) is 13.4. The molecule has 0 unspecified atom stereocenters. The van der Waals surface area contributed by atoms with Crippen molar-refractivity contribution >= 4 is 51.5 Å². The van der Waals surface area contributed by atoms with Gasteiger partial charge in [-0.15, -0.1) is 0 Å². The van der Waals surface area contributed by atoms with Crippen molar-refractivity contribution < 1.29 is 47.2 Å². The largest absolute Gasteiger partial charge is 0.295 e. The zero-order valence-corrected chi connectivity index (χ0v) is 17.7. The van der Waals surface area contributed by atoms with Gasteiger partial charge in [-0.3, -0.25) is 9.11 Å². The van der Waals surface area contributed by atoms with Crippen molar-refractivity contribution in [2.75, 3.05) is 5.08 Å². The quantitative estimate of drug-likeness (QED) is 0.425. The van der Waals surface area contributed by atoms with E-state index in [2.05, 4.69) is 0 Å². The SMILES string of the molecule is O=S(=O)(O)c1ccc(S(=O)(=O)CS(=O)(=O)c2ccc(F)cc2Cl)c(S(=O)(=O)O)c1. The Morgan fingerprint density at radius 3 is 1.72 bits per heavy atom. The molecule has 0 saturated carbocycles. The van der Waals surface area contributed by atoms with Gasteiger partial charge in [-0.25, -0.2) is 21.2 Å². The first kappa shape index (κ1) is 23.7. The molecule has 0 fully saturated rings. The summed E-state index contributed by atoms with van der Waals surface area (Å²) in [5, 5.41) is -2.36. The van der Waals surface area contributed by atoms with Gasteiger partial charge in [0.1, 0.15) is 10.7 Å². The summed E-state index contributed by atoms with van der Waals surface area (Å²) in [5.74, 6) is -0.897. The third kappa shape index (κ3) is 5.30. The molecule has 2 N–H and O–H groups in total. The summed E-state index contributed by atoms with van der Waals surface area (Å²) in [4.78, 5) is -4.53. The van der Waals surface area contributed by atoms with E-state index in [1.165, 1.54) is 0 Å². The molecule has 0 aromatic heterocycles. The molecule has 29 heavy (non-hydrogen) atoms. The van der Waals surface area contributed by atoms with Gasteiger partial charge < -0.3 is 0 Å². The van der Waals surface area contributed by atoms with E-state index in [0.717, 1.165) is 0 Å². The van der Waals surface area contributed by atoms with Crippen LogP contribution >= 0.6 is 11.6 Å². The maximum absolute atomic E-state index is 13.1. The van der Waals surface area contributed by atoms with E-state index in [1.54, 1.807) is 0 Å². The van der Waals surface area contributed by atoms with Crippen LogP contribution in [0.25, 0.3) is 0 Å². The Kier molecular flexibility index (Phi) is 6.17. The zero-order valence-electron chi connectivity index (χ0n) is 13.7. The molecule has 0 spiro atoms. The van der Waals surface area contributed by atoms with Gasteiger partial charge in [0, 0.05) is 0 Å². The smallest absolute Gasteiger partial charge is 0.282 e. The van der Waals surface area contributed by atoms with Crippen LogP contribution < -0.4 is 0 Å². The maximum atomic E-state index is 13.1. The Bertz CT molecular complexity index is 1410. The molecule has 2 aromatic carbocycles. The number of halogens is 2. The van der Waals surface area contributed by atoms with Crippen LogP contribution in [0.1, 0.15) is 0 Å². The van der Waals surface area contributed by atoms with Crippen molar-refractivity contribution in [1.82, 2.24) is 0 Å². The Hall–Kier alpha value is -1.62. The van der Waals surface area contributed by atoms with Crippen molar-refractivity contribution in [3.63, 3.8) is 0 Å². The zero-order chi connectivity index (χ0) is 22.4. The Morgan fingerprint density at radius 1 is 0.724 bits per heavy atom. The molecule has 0 saturated heterocycles. The maximum Gasteiger partial charge on any atom is 0.295 e. The van der Waals surface area contributed by atoms with E-state index in [1.807, 2.05) is 0 Å². The fourth-order valence-electron chi connectivity index (χ4n) is 2.17. The molecule has 160 valence electrons. The van der Waals surface area contributed by atoms with Crippen molar-refractivity contribution in [2.24, 2.45) is 0 Å². The van der Waals surface area contributed by atoms with Gasteiger partial charge in [-0.1, -0.05) is 11.6 Å². The van der Waals surface area contributed by atoms with Gasteiger partial charge in [-0.05, 0) is 36.4 Å². The molecule has 0 amide bonds. The Balaban J connectivity index is 2.67. The highest BCUT2D eigenvalue weighted by molar-refractivity contribution is 8.08. The second-order valence-electron chi connectivity index (χ2n) is 5.48. The van der Waals surface area contributed by atoms with Crippen LogP contribution in [0.15, 0.2) is 56.0 Å².